The van der Waals surface area contributed by atoms with Gasteiger partial charge < -0.3 is 9.84 Å². The molecule has 0 aliphatic carbocycles. The number of thiazole rings is 1. The maximum Gasteiger partial charge on any atom is 0.315 e. The van der Waals surface area contributed by atoms with Crippen molar-refractivity contribution < 1.29 is 14.8 Å². The molecule has 3 rings (SSSR count). The Labute approximate surface area is 148 Å². The Morgan fingerprint density at radius 3 is 2.60 bits per heavy atom. The highest BCUT2D eigenvalue weighted by Crippen LogP contribution is 2.37. The van der Waals surface area contributed by atoms with Crippen LogP contribution in [0.25, 0.3) is 22.4 Å². The minimum Gasteiger partial charge on any atom is -0.500 e. The number of phenolic OH excluding ortho intramolecular Hbond substituents is 1. The molecule has 0 aliphatic rings. The first-order chi connectivity index (χ1) is 11.9. The Hall–Kier alpha value is -2.93. The van der Waals surface area contributed by atoms with Gasteiger partial charge in [-0.25, -0.2) is 4.98 Å². The number of aromatic hydroxyl groups is 1. The van der Waals surface area contributed by atoms with Gasteiger partial charge in [0.25, 0.3) is 0 Å². The summed E-state index contributed by atoms with van der Waals surface area (Å²) in [5.41, 5.74) is 3.49. The normalized spacial score (nSPS) is 11.3. The van der Waals surface area contributed by atoms with Gasteiger partial charge in [-0.2, -0.15) is 0 Å². The fraction of sp³-hybridized carbons (Fsp3) is 0.167. The van der Waals surface area contributed by atoms with Gasteiger partial charge >= 0.3 is 5.69 Å². The number of phenols is 1. The van der Waals surface area contributed by atoms with Crippen LogP contribution in [-0.2, 0) is 0 Å². The van der Waals surface area contributed by atoms with Crippen LogP contribution < -0.4 is 4.74 Å². The van der Waals surface area contributed by atoms with Crippen LogP contribution in [0.4, 0.5) is 5.69 Å². The van der Waals surface area contributed by atoms with E-state index in [0.717, 1.165) is 15.2 Å². The molecule has 0 bridgehead atoms. The number of nitro benzene ring substituents is 1. The number of fused-ring (bicyclic) bond motifs is 1. The van der Waals surface area contributed by atoms with Gasteiger partial charge in [0.15, 0.2) is 5.75 Å². The number of aryl methyl sites for hydroxylation is 2. The third kappa shape index (κ3) is 3.32. The molecule has 0 saturated heterocycles. The van der Waals surface area contributed by atoms with Crippen molar-refractivity contribution in [1.82, 2.24) is 4.98 Å². The Balaban J connectivity index is 1.99. The number of nitrogens with zero attached hydrogens (tertiary/aromatic N) is 2. The highest BCUT2D eigenvalue weighted by molar-refractivity contribution is 7.19. The van der Waals surface area contributed by atoms with Gasteiger partial charge in [0, 0.05) is 6.07 Å². The van der Waals surface area contributed by atoms with Crippen LogP contribution in [0.2, 0.25) is 0 Å². The zero-order valence-electron chi connectivity index (χ0n) is 13.9. The summed E-state index contributed by atoms with van der Waals surface area (Å²) in [6.45, 7) is 4.11. The smallest absolute Gasteiger partial charge is 0.315 e. The molecule has 128 valence electrons. The monoisotopic (exact) mass is 356 g/mol. The lowest BCUT2D eigenvalue weighted by Crippen LogP contribution is -1.93. The van der Waals surface area contributed by atoms with Crippen molar-refractivity contribution >= 4 is 39.4 Å². The van der Waals surface area contributed by atoms with Gasteiger partial charge in [-0.15, -0.1) is 11.3 Å². The van der Waals surface area contributed by atoms with Gasteiger partial charge in [0.2, 0.25) is 5.75 Å². The van der Waals surface area contributed by atoms with Crippen molar-refractivity contribution in [3.05, 3.63) is 56.1 Å². The Bertz CT molecular complexity index is 969. The minimum atomic E-state index is -0.640. The van der Waals surface area contributed by atoms with Crippen molar-refractivity contribution in [2.24, 2.45) is 0 Å². The molecule has 0 spiro atoms. The summed E-state index contributed by atoms with van der Waals surface area (Å²) in [4.78, 5) is 15.0. The van der Waals surface area contributed by atoms with E-state index in [0.29, 0.717) is 5.56 Å². The number of aromatic nitrogens is 1. The predicted octanol–water partition coefficient (Wildman–Crippen LogP) is 4.71. The maximum absolute atomic E-state index is 11.1. The van der Waals surface area contributed by atoms with E-state index in [9.17, 15) is 15.2 Å². The lowest BCUT2D eigenvalue weighted by atomic mass is 10.1. The molecule has 3 aromatic rings. The summed E-state index contributed by atoms with van der Waals surface area (Å²) < 4.78 is 6.10. The molecular weight excluding hydrogens is 340 g/mol. The minimum absolute atomic E-state index is 0.0596. The maximum atomic E-state index is 11.1. The lowest BCUT2D eigenvalue weighted by molar-refractivity contribution is -0.386. The number of rotatable bonds is 4. The molecule has 6 nitrogen and oxygen atoms in total. The van der Waals surface area contributed by atoms with E-state index in [1.165, 1.54) is 24.3 Å². The second-order valence-electron chi connectivity index (χ2n) is 5.64. The molecule has 0 unspecified atom stereocenters. The summed E-state index contributed by atoms with van der Waals surface area (Å²) in [5, 5.41) is 21.7. The first-order valence-corrected chi connectivity index (χ1v) is 8.32. The average molecular weight is 356 g/mol. The second-order valence-corrected chi connectivity index (χ2v) is 6.70. The van der Waals surface area contributed by atoms with Gasteiger partial charge in [-0.1, -0.05) is 6.08 Å². The SMILES string of the molecule is COc1cc(C=Cc2nc3cc(C)c(C)cc3s2)cc([N+](=O)[O-])c1O. The number of ether oxygens (including phenoxy) is 1. The molecule has 1 aromatic heterocycles. The molecule has 1 N–H and O–H groups in total. The summed E-state index contributed by atoms with van der Waals surface area (Å²) >= 11 is 1.55. The van der Waals surface area contributed by atoms with Crippen LogP contribution in [0.1, 0.15) is 21.7 Å². The largest absolute Gasteiger partial charge is 0.500 e. The highest BCUT2D eigenvalue weighted by Gasteiger charge is 2.19. The van der Waals surface area contributed by atoms with Gasteiger partial charge in [0.05, 0.1) is 22.2 Å². The number of benzene rings is 2. The number of hydrogen-bond acceptors (Lipinski definition) is 6. The molecule has 0 radical (unpaired) electrons. The summed E-state index contributed by atoms with van der Waals surface area (Å²) in [6, 6.07) is 7.00. The van der Waals surface area contributed by atoms with Crippen LogP contribution in [0.5, 0.6) is 11.5 Å². The van der Waals surface area contributed by atoms with Gasteiger partial charge in [-0.3, -0.25) is 10.1 Å². The zero-order valence-corrected chi connectivity index (χ0v) is 14.8. The van der Waals surface area contributed by atoms with Crippen LogP contribution in [-0.4, -0.2) is 22.1 Å². The number of hydrogen-bond donors (Lipinski definition) is 1. The third-order valence-electron chi connectivity index (χ3n) is 3.93. The van der Waals surface area contributed by atoms with Crippen LogP contribution in [0, 0.1) is 24.0 Å². The molecule has 0 aliphatic heterocycles. The average Bonchev–Trinajstić information content (AvgIpc) is 2.95. The fourth-order valence-electron chi connectivity index (χ4n) is 2.44. The fourth-order valence-corrected chi connectivity index (χ4v) is 3.39. The molecule has 0 amide bonds. The molecule has 0 saturated carbocycles. The summed E-state index contributed by atoms with van der Waals surface area (Å²) in [5.74, 6) is -0.417. The van der Waals surface area contributed by atoms with E-state index >= 15 is 0 Å². The topological polar surface area (TPSA) is 85.5 Å². The second kappa shape index (κ2) is 6.52. The first kappa shape index (κ1) is 16.9. The van der Waals surface area contributed by atoms with Crippen molar-refractivity contribution in [2.75, 3.05) is 7.11 Å². The Morgan fingerprint density at radius 1 is 1.20 bits per heavy atom. The third-order valence-corrected chi connectivity index (χ3v) is 4.92. The molecule has 0 atom stereocenters. The van der Waals surface area contributed by atoms with Crippen molar-refractivity contribution in [2.45, 2.75) is 13.8 Å². The summed E-state index contributed by atoms with van der Waals surface area (Å²) in [6.07, 6.45) is 3.51. The molecule has 0 fully saturated rings. The molecular formula is C18H16N2O4S. The van der Waals surface area contributed by atoms with Crippen LogP contribution in [0.3, 0.4) is 0 Å². The number of methoxy groups -OCH3 is 1. The predicted molar refractivity (Wildman–Crippen MR) is 99.3 cm³/mol. The Morgan fingerprint density at radius 2 is 1.92 bits per heavy atom. The zero-order chi connectivity index (χ0) is 18.1. The number of nitro groups is 1. The van der Waals surface area contributed by atoms with E-state index < -0.39 is 16.4 Å². The van der Waals surface area contributed by atoms with Crippen molar-refractivity contribution in [1.29, 1.82) is 0 Å². The quantitative estimate of drug-likeness (QED) is 0.541. The highest BCUT2D eigenvalue weighted by atomic mass is 32.1. The van der Waals surface area contributed by atoms with Gasteiger partial charge in [0.1, 0.15) is 5.01 Å². The molecule has 7 heteroatoms. The van der Waals surface area contributed by atoms with E-state index in [4.69, 9.17) is 4.74 Å². The van der Waals surface area contributed by atoms with E-state index in [1.807, 2.05) is 13.0 Å². The van der Waals surface area contributed by atoms with E-state index in [-0.39, 0.29) is 5.75 Å². The van der Waals surface area contributed by atoms with Crippen LogP contribution in [0.15, 0.2) is 24.3 Å². The van der Waals surface area contributed by atoms with Crippen molar-refractivity contribution in [3.8, 4) is 11.5 Å². The summed E-state index contributed by atoms with van der Waals surface area (Å²) in [7, 11) is 1.35. The molecule has 2 aromatic carbocycles. The van der Waals surface area contributed by atoms with Crippen LogP contribution >= 0.6 is 11.3 Å². The van der Waals surface area contributed by atoms with E-state index in [1.54, 1.807) is 29.6 Å². The molecule has 25 heavy (non-hydrogen) atoms. The first-order valence-electron chi connectivity index (χ1n) is 7.50. The van der Waals surface area contributed by atoms with E-state index in [2.05, 4.69) is 18.0 Å². The van der Waals surface area contributed by atoms with Gasteiger partial charge in [-0.05, 0) is 54.8 Å². The lowest BCUT2D eigenvalue weighted by Gasteiger charge is -2.05. The Kier molecular flexibility index (Phi) is 4.41. The van der Waals surface area contributed by atoms with Crippen molar-refractivity contribution in [3.63, 3.8) is 0 Å². The molecule has 1 heterocycles. The standard InChI is InChI=1S/C18H16N2O4S/c1-10-6-13-16(7-11(10)2)25-17(19-13)5-4-12-8-14(20(22)23)18(21)15(9-12)24-3/h4-9,21H,1-3H3.